The Morgan fingerprint density at radius 3 is 2.57 bits per heavy atom. The Hall–Kier alpha value is -0.600. The van der Waals surface area contributed by atoms with Crippen LogP contribution in [0.3, 0.4) is 0 Å². The molecule has 0 aliphatic carbocycles. The molecule has 1 aromatic carbocycles. The summed E-state index contributed by atoms with van der Waals surface area (Å²) < 4.78 is 13.0. The molecule has 1 rings (SSSR count). The van der Waals surface area contributed by atoms with Crippen LogP contribution in [0.4, 0.5) is 4.39 Å². The molecule has 78 valence electrons. The molecule has 1 atom stereocenters. The first-order valence-corrected chi connectivity index (χ1v) is 5.00. The summed E-state index contributed by atoms with van der Waals surface area (Å²) in [4.78, 5) is 0. The summed E-state index contributed by atoms with van der Waals surface area (Å²) in [5.74, 6) is -0.256. The standard InChI is InChI=1S/C11H14ClFO/c1-7(2)11(14)6-8-3-4-9(12)10(13)5-8/h3-5,7,11,14H,6H2,1-2H3. The van der Waals surface area contributed by atoms with Crippen LogP contribution >= 0.6 is 11.6 Å². The van der Waals surface area contributed by atoms with Crippen molar-refractivity contribution in [2.75, 3.05) is 0 Å². The Morgan fingerprint density at radius 1 is 1.43 bits per heavy atom. The van der Waals surface area contributed by atoms with E-state index in [0.717, 1.165) is 5.56 Å². The van der Waals surface area contributed by atoms with E-state index in [1.54, 1.807) is 6.07 Å². The summed E-state index contributed by atoms with van der Waals surface area (Å²) in [7, 11) is 0. The number of benzene rings is 1. The van der Waals surface area contributed by atoms with Gasteiger partial charge in [0.05, 0.1) is 11.1 Å². The second kappa shape index (κ2) is 4.76. The summed E-state index contributed by atoms with van der Waals surface area (Å²) in [6, 6.07) is 4.62. The second-order valence-electron chi connectivity index (χ2n) is 3.76. The van der Waals surface area contributed by atoms with Crippen LogP contribution < -0.4 is 0 Å². The first kappa shape index (κ1) is 11.5. The van der Waals surface area contributed by atoms with E-state index in [1.165, 1.54) is 12.1 Å². The molecule has 0 spiro atoms. The van der Waals surface area contributed by atoms with Gasteiger partial charge in [-0.1, -0.05) is 31.5 Å². The van der Waals surface area contributed by atoms with E-state index in [9.17, 15) is 9.50 Å². The van der Waals surface area contributed by atoms with Crippen LogP contribution in [0.1, 0.15) is 19.4 Å². The van der Waals surface area contributed by atoms with Crippen LogP contribution in [0.2, 0.25) is 5.02 Å². The molecule has 1 aromatic rings. The van der Waals surface area contributed by atoms with Gasteiger partial charge in [-0.3, -0.25) is 0 Å². The van der Waals surface area contributed by atoms with Gasteiger partial charge in [0.25, 0.3) is 0 Å². The van der Waals surface area contributed by atoms with Crippen LogP contribution in [-0.4, -0.2) is 11.2 Å². The number of aliphatic hydroxyl groups is 1. The van der Waals surface area contributed by atoms with Gasteiger partial charge in [-0.25, -0.2) is 4.39 Å². The lowest BCUT2D eigenvalue weighted by molar-refractivity contribution is 0.125. The largest absolute Gasteiger partial charge is 0.393 e. The number of rotatable bonds is 3. The van der Waals surface area contributed by atoms with Gasteiger partial charge in [-0.15, -0.1) is 0 Å². The van der Waals surface area contributed by atoms with Crippen molar-refractivity contribution in [1.29, 1.82) is 0 Å². The molecule has 0 bridgehead atoms. The zero-order valence-electron chi connectivity index (χ0n) is 8.30. The van der Waals surface area contributed by atoms with Crippen LogP contribution in [-0.2, 0) is 6.42 Å². The van der Waals surface area contributed by atoms with Gasteiger partial charge in [0.2, 0.25) is 0 Å². The fourth-order valence-electron chi connectivity index (χ4n) is 1.14. The van der Waals surface area contributed by atoms with Crippen molar-refractivity contribution in [3.05, 3.63) is 34.6 Å². The molecule has 0 amide bonds. The molecule has 0 heterocycles. The van der Waals surface area contributed by atoms with Gasteiger partial charge < -0.3 is 5.11 Å². The molecular formula is C11H14ClFO. The smallest absolute Gasteiger partial charge is 0.142 e. The van der Waals surface area contributed by atoms with Crippen molar-refractivity contribution >= 4 is 11.6 Å². The average molecular weight is 217 g/mol. The molecule has 3 heteroatoms. The van der Waals surface area contributed by atoms with Gasteiger partial charge >= 0.3 is 0 Å². The third kappa shape index (κ3) is 2.96. The van der Waals surface area contributed by atoms with Crippen molar-refractivity contribution in [1.82, 2.24) is 0 Å². The van der Waals surface area contributed by atoms with Crippen molar-refractivity contribution in [3.63, 3.8) is 0 Å². The Balaban J connectivity index is 2.73. The molecule has 0 saturated carbocycles. The van der Waals surface area contributed by atoms with Gasteiger partial charge in [0.1, 0.15) is 5.82 Å². The first-order chi connectivity index (χ1) is 6.50. The molecule has 14 heavy (non-hydrogen) atoms. The summed E-state index contributed by atoms with van der Waals surface area (Å²) >= 11 is 5.54. The fourth-order valence-corrected chi connectivity index (χ4v) is 1.26. The molecule has 0 aliphatic rings. The molecule has 0 fully saturated rings. The Bertz CT molecular complexity index is 312. The third-order valence-electron chi connectivity index (χ3n) is 2.20. The summed E-state index contributed by atoms with van der Waals surface area (Å²) in [5.41, 5.74) is 0.771. The second-order valence-corrected chi connectivity index (χ2v) is 4.17. The summed E-state index contributed by atoms with van der Waals surface area (Å²) in [5, 5.41) is 9.70. The van der Waals surface area contributed by atoms with Gasteiger partial charge in [-0.2, -0.15) is 0 Å². The lowest BCUT2D eigenvalue weighted by Gasteiger charge is -2.14. The predicted octanol–water partition coefficient (Wildman–Crippen LogP) is 3.04. The van der Waals surface area contributed by atoms with E-state index in [2.05, 4.69) is 0 Å². The minimum atomic E-state index is -0.435. The van der Waals surface area contributed by atoms with Gasteiger partial charge in [0, 0.05) is 0 Å². The lowest BCUT2D eigenvalue weighted by atomic mass is 9.99. The zero-order valence-corrected chi connectivity index (χ0v) is 9.05. The quantitative estimate of drug-likeness (QED) is 0.824. The van der Waals surface area contributed by atoms with Crippen molar-refractivity contribution < 1.29 is 9.50 Å². The highest BCUT2D eigenvalue weighted by molar-refractivity contribution is 6.30. The fraction of sp³-hybridized carbons (Fsp3) is 0.455. The summed E-state index contributed by atoms with van der Waals surface area (Å²) in [6.45, 7) is 3.86. The molecule has 1 unspecified atom stereocenters. The van der Waals surface area contributed by atoms with Crippen molar-refractivity contribution in [3.8, 4) is 0 Å². The Kier molecular flexibility index (Phi) is 3.90. The van der Waals surface area contributed by atoms with Crippen molar-refractivity contribution in [2.24, 2.45) is 5.92 Å². The highest BCUT2D eigenvalue weighted by Crippen LogP contribution is 2.17. The summed E-state index contributed by atoms with van der Waals surface area (Å²) in [6.07, 6.45) is 0.0294. The van der Waals surface area contributed by atoms with Crippen molar-refractivity contribution in [2.45, 2.75) is 26.4 Å². The lowest BCUT2D eigenvalue weighted by Crippen LogP contribution is -2.17. The maximum atomic E-state index is 13.0. The van der Waals surface area contributed by atoms with E-state index < -0.39 is 11.9 Å². The van der Waals surface area contributed by atoms with Crippen LogP contribution in [0.5, 0.6) is 0 Å². The molecule has 1 N–H and O–H groups in total. The maximum absolute atomic E-state index is 13.0. The minimum Gasteiger partial charge on any atom is -0.393 e. The Labute approximate surface area is 88.5 Å². The highest BCUT2D eigenvalue weighted by atomic mass is 35.5. The number of aliphatic hydroxyl groups excluding tert-OH is 1. The van der Waals surface area contributed by atoms with Crippen LogP contribution in [0, 0.1) is 11.7 Å². The third-order valence-corrected chi connectivity index (χ3v) is 2.50. The predicted molar refractivity (Wildman–Crippen MR) is 56.0 cm³/mol. The molecule has 0 saturated heterocycles. The van der Waals surface area contributed by atoms with E-state index in [-0.39, 0.29) is 10.9 Å². The number of hydrogen-bond acceptors (Lipinski definition) is 1. The molecule has 0 aromatic heterocycles. The SMILES string of the molecule is CC(C)C(O)Cc1ccc(Cl)c(F)c1. The maximum Gasteiger partial charge on any atom is 0.142 e. The molecule has 0 aliphatic heterocycles. The average Bonchev–Trinajstić information content (AvgIpc) is 2.11. The Morgan fingerprint density at radius 2 is 2.07 bits per heavy atom. The minimum absolute atomic E-state index is 0.118. The van der Waals surface area contributed by atoms with E-state index in [0.29, 0.717) is 6.42 Å². The molecular weight excluding hydrogens is 203 g/mol. The van der Waals surface area contributed by atoms with Crippen LogP contribution in [0.25, 0.3) is 0 Å². The zero-order chi connectivity index (χ0) is 10.7. The first-order valence-electron chi connectivity index (χ1n) is 4.62. The molecule has 1 nitrogen and oxygen atoms in total. The van der Waals surface area contributed by atoms with Crippen LogP contribution in [0.15, 0.2) is 18.2 Å². The van der Waals surface area contributed by atoms with Gasteiger partial charge in [0.15, 0.2) is 0 Å². The highest BCUT2D eigenvalue weighted by Gasteiger charge is 2.11. The monoisotopic (exact) mass is 216 g/mol. The topological polar surface area (TPSA) is 20.2 Å². The van der Waals surface area contributed by atoms with E-state index in [4.69, 9.17) is 11.6 Å². The molecule has 0 radical (unpaired) electrons. The number of hydrogen-bond donors (Lipinski definition) is 1. The van der Waals surface area contributed by atoms with E-state index in [1.807, 2.05) is 13.8 Å². The van der Waals surface area contributed by atoms with E-state index >= 15 is 0 Å². The normalized spacial score (nSPS) is 13.3. The van der Waals surface area contributed by atoms with Gasteiger partial charge in [-0.05, 0) is 30.0 Å². The number of halogens is 2.